The van der Waals surface area contributed by atoms with Crippen LogP contribution < -0.4 is 5.56 Å². The highest BCUT2D eigenvalue weighted by Crippen LogP contribution is 2.18. The molecule has 1 heterocycles. The topological polar surface area (TPSA) is 70.2 Å². The molecule has 0 saturated carbocycles. The number of nitrogens with one attached hydrogen (secondary N) is 1. The Kier molecular flexibility index (Phi) is 2.00. The molecule has 0 aliphatic rings. The van der Waals surface area contributed by atoms with Crippen LogP contribution in [0.4, 0.5) is 4.39 Å². The molecule has 2 rings (SSSR count). The number of aromatic carboxylic acids is 1. The summed E-state index contributed by atoms with van der Waals surface area (Å²) < 4.78 is 13.2. The van der Waals surface area contributed by atoms with Gasteiger partial charge in [0.05, 0.1) is 0 Å². The number of fused-ring (bicyclic) bond motifs is 1. The van der Waals surface area contributed by atoms with Gasteiger partial charge in [-0.15, -0.1) is 0 Å². The van der Waals surface area contributed by atoms with Crippen molar-refractivity contribution < 1.29 is 14.3 Å². The highest BCUT2D eigenvalue weighted by molar-refractivity contribution is 6.02. The summed E-state index contributed by atoms with van der Waals surface area (Å²) >= 11 is 0. The number of hydrogen-bond donors (Lipinski definition) is 2. The molecule has 0 bridgehead atoms. The van der Waals surface area contributed by atoms with Gasteiger partial charge in [-0.1, -0.05) is 0 Å². The monoisotopic (exact) mass is 207 g/mol. The van der Waals surface area contributed by atoms with Gasteiger partial charge in [-0.05, 0) is 18.2 Å². The summed E-state index contributed by atoms with van der Waals surface area (Å²) in [5.74, 6) is -2.17. The van der Waals surface area contributed by atoms with E-state index in [4.69, 9.17) is 5.11 Å². The summed E-state index contributed by atoms with van der Waals surface area (Å²) in [4.78, 5) is 24.2. The van der Waals surface area contributed by atoms with Crippen molar-refractivity contribution in [2.75, 3.05) is 0 Å². The third-order valence-corrected chi connectivity index (χ3v) is 2.07. The summed E-state index contributed by atoms with van der Waals surface area (Å²) in [5, 5.41) is 8.98. The number of pyridine rings is 1. The van der Waals surface area contributed by atoms with Crippen molar-refractivity contribution in [3.8, 4) is 0 Å². The van der Waals surface area contributed by atoms with Crippen LogP contribution in [0.3, 0.4) is 0 Å². The number of halogens is 1. The minimum absolute atomic E-state index is 0.183. The lowest BCUT2D eigenvalue weighted by Crippen LogP contribution is -2.07. The standard InChI is InChI=1S/C10H6FNO3/c11-6-2-3-7-5(9(6)10(14)15)1-4-8(13)12-7/h1-4H,(H,12,13)(H,14,15). The number of rotatable bonds is 1. The van der Waals surface area contributed by atoms with Crippen molar-refractivity contribution in [2.45, 2.75) is 0 Å². The van der Waals surface area contributed by atoms with E-state index in [1.807, 2.05) is 0 Å². The Morgan fingerprint density at radius 2 is 2.00 bits per heavy atom. The molecule has 15 heavy (non-hydrogen) atoms. The van der Waals surface area contributed by atoms with Gasteiger partial charge in [-0.25, -0.2) is 9.18 Å². The molecule has 0 aliphatic heterocycles. The van der Waals surface area contributed by atoms with E-state index < -0.39 is 17.3 Å². The highest BCUT2D eigenvalue weighted by atomic mass is 19.1. The number of benzene rings is 1. The lowest BCUT2D eigenvalue weighted by atomic mass is 10.1. The zero-order valence-corrected chi connectivity index (χ0v) is 7.45. The molecular weight excluding hydrogens is 201 g/mol. The summed E-state index contributed by atoms with van der Waals surface area (Å²) in [6.07, 6.45) is 0. The van der Waals surface area contributed by atoms with Crippen LogP contribution in [0.2, 0.25) is 0 Å². The Labute approximate surface area is 83.0 Å². The molecule has 0 saturated heterocycles. The van der Waals surface area contributed by atoms with E-state index in [0.29, 0.717) is 5.52 Å². The predicted molar refractivity (Wildman–Crippen MR) is 51.5 cm³/mol. The lowest BCUT2D eigenvalue weighted by Gasteiger charge is -2.02. The van der Waals surface area contributed by atoms with Crippen LogP contribution >= 0.6 is 0 Å². The summed E-state index contributed by atoms with van der Waals surface area (Å²) in [6, 6.07) is 4.80. The average molecular weight is 207 g/mol. The number of H-pyrrole nitrogens is 1. The zero-order valence-electron chi connectivity index (χ0n) is 7.45. The molecule has 76 valence electrons. The highest BCUT2D eigenvalue weighted by Gasteiger charge is 2.14. The molecule has 0 radical (unpaired) electrons. The molecule has 4 nitrogen and oxygen atoms in total. The van der Waals surface area contributed by atoms with Gasteiger partial charge in [0.25, 0.3) is 0 Å². The number of hydrogen-bond acceptors (Lipinski definition) is 2. The summed E-state index contributed by atoms with van der Waals surface area (Å²) in [5.41, 5.74) is -0.476. The second kappa shape index (κ2) is 3.20. The SMILES string of the molecule is O=C(O)c1c(F)ccc2[nH]c(=O)ccc12. The smallest absolute Gasteiger partial charge is 0.339 e. The normalized spacial score (nSPS) is 10.5. The molecule has 0 spiro atoms. The molecule has 2 N–H and O–H groups in total. The van der Waals surface area contributed by atoms with Crippen LogP contribution in [0.15, 0.2) is 29.1 Å². The molecule has 0 fully saturated rings. The van der Waals surface area contributed by atoms with Crippen LogP contribution in [-0.4, -0.2) is 16.1 Å². The maximum Gasteiger partial charge on any atom is 0.339 e. The quantitative estimate of drug-likeness (QED) is 0.741. The van der Waals surface area contributed by atoms with Crippen LogP contribution in [0, 0.1) is 5.82 Å². The average Bonchev–Trinajstić information content (AvgIpc) is 2.17. The van der Waals surface area contributed by atoms with Gasteiger partial charge < -0.3 is 10.1 Å². The van der Waals surface area contributed by atoms with Gasteiger partial charge in [0.15, 0.2) is 0 Å². The van der Waals surface area contributed by atoms with Crippen molar-refractivity contribution in [1.29, 1.82) is 0 Å². The van der Waals surface area contributed by atoms with Gasteiger partial charge in [-0.2, -0.15) is 0 Å². The molecule has 0 atom stereocenters. The molecule has 5 heteroatoms. The maximum atomic E-state index is 13.2. The van der Waals surface area contributed by atoms with E-state index in [2.05, 4.69) is 4.98 Å². The Hall–Kier alpha value is -2.17. The van der Waals surface area contributed by atoms with Crippen LogP contribution in [0.25, 0.3) is 10.9 Å². The van der Waals surface area contributed by atoms with Crippen molar-refractivity contribution in [3.05, 3.63) is 46.0 Å². The van der Waals surface area contributed by atoms with Gasteiger partial charge in [0, 0.05) is 17.0 Å². The fraction of sp³-hybridized carbons (Fsp3) is 0. The summed E-state index contributed by atoms with van der Waals surface area (Å²) in [7, 11) is 0. The second-order valence-electron chi connectivity index (χ2n) is 3.01. The van der Waals surface area contributed by atoms with Crippen molar-refractivity contribution >= 4 is 16.9 Å². The third kappa shape index (κ3) is 1.48. The Bertz CT molecular complexity index is 603. The Morgan fingerprint density at radius 1 is 1.27 bits per heavy atom. The molecule has 0 aliphatic carbocycles. The van der Waals surface area contributed by atoms with E-state index >= 15 is 0 Å². The van der Waals surface area contributed by atoms with Crippen LogP contribution in [0.5, 0.6) is 0 Å². The molecular formula is C10H6FNO3. The molecule has 0 amide bonds. The first-order valence-electron chi connectivity index (χ1n) is 4.14. The largest absolute Gasteiger partial charge is 0.478 e. The van der Waals surface area contributed by atoms with E-state index in [1.54, 1.807) is 0 Å². The fourth-order valence-electron chi connectivity index (χ4n) is 1.43. The first kappa shape index (κ1) is 9.39. The summed E-state index contributed by atoms with van der Waals surface area (Å²) in [6.45, 7) is 0. The van der Waals surface area contributed by atoms with Gasteiger partial charge >= 0.3 is 5.97 Å². The third-order valence-electron chi connectivity index (χ3n) is 2.07. The number of carboxylic acids is 1. The number of aromatic nitrogens is 1. The van der Waals surface area contributed by atoms with Crippen molar-refractivity contribution in [2.24, 2.45) is 0 Å². The van der Waals surface area contributed by atoms with Crippen LogP contribution in [-0.2, 0) is 0 Å². The minimum Gasteiger partial charge on any atom is -0.478 e. The van der Waals surface area contributed by atoms with E-state index in [-0.39, 0.29) is 10.9 Å². The second-order valence-corrected chi connectivity index (χ2v) is 3.01. The molecule has 2 aromatic rings. The number of aromatic amines is 1. The number of carbonyl (C=O) groups is 1. The minimum atomic E-state index is -1.36. The van der Waals surface area contributed by atoms with Crippen LogP contribution in [0.1, 0.15) is 10.4 Å². The lowest BCUT2D eigenvalue weighted by molar-refractivity contribution is 0.0694. The van der Waals surface area contributed by atoms with Crippen molar-refractivity contribution in [3.63, 3.8) is 0 Å². The zero-order chi connectivity index (χ0) is 11.0. The molecule has 1 aromatic heterocycles. The van der Waals surface area contributed by atoms with E-state index in [0.717, 1.165) is 12.1 Å². The van der Waals surface area contributed by atoms with E-state index in [9.17, 15) is 14.0 Å². The van der Waals surface area contributed by atoms with Crippen molar-refractivity contribution in [1.82, 2.24) is 4.98 Å². The maximum absolute atomic E-state index is 13.2. The van der Waals surface area contributed by atoms with E-state index in [1.165, 1.54) is 12.1 Å². The Morgan fingerprint density at radius 3 is 2.67 bits per heavy atom. The predicted octanol–water partition coefficient (Wildman–Crippen LogP) is 1.37. The van der Waals surface area contributed by atoms with Gasteiger partial charge in [0.1, 0.15) is 11.4 Å². The fourth-order valence-corrected chi connectivity index (χ4v) is 1.43. The molecule has 1 aromatic carbocycles. The number of carboxylic acid groups (broad SMARTS) is 1. The first-order valence-corrected chi connectivity index (χ1v) is 4.14. The Balaban J connectivity index is 2.94. The first-order chi connectivity index (χ1) is 7.09. The van der Waals surface area contributed by atoms with Gasteiger partial charge in [-0.3, -0.25) is 4.79 Å². The van der Waals surface area contributed by atoms with Gasteiger partial charge in [0.2, 0.25) is 5.56 Å². The molecule has 0 unspecified atom stereocenters.